The Labute approximate surface area is 114 Å². The third kappa shape index (κ3) is 3.18. The van der Waals surface area contributed by atoms with Crippen molar-refractivity contribution in [1.82, 2.24) is 5.32 Å². The SMILES string of the molecule is COc1cccc(C#N)c1OC(C)C1CCNCC1. The summed E-state index contributed by atoms with van der Waals surface area (Å²) in [6.07, 6.45) is 2.31. The van der Waals surface area contributed by atoms with Crippen molar-refractivity contribution in [1.29, 1.82) is 5.26 Å². The zero-order valence-corrected chi connectivity index (χ0v) is 11.5. The molecule has 0 spiro atoms. The van der Waals surface area contributed by atoms with Crippen LogP contribution in [0.2, 0.25) is 0 Å². The molecule has 0 radical (unpaired) electrons. The Morgan fingerprint density at radius 1 is 1.37 bits per heavy atom. The molecule has 1 atom stereocenters. The van der Waals surface area contributed by atoms with Crippen LogP contribution in [0.1, 0.15) is 25.3 Å². The second-order valence-corrected chi connectivity index (χ2v) is 4.86. The summed E-state index contributed by atoms with van der Waals surface area (Å²) in [6, 6.07) is 7.55. The maximum absolute atomic E-state index is 9.17. The zero-order valence-electron chi connectivity index (χ0n) is 11.5. The predicted molar refractivity (Wildman–Crippen MR) is 73.4 cm³/mol. The van der Waals surface area contributed by atoms with Gasteiger partial charge in [-0.25, -0.2) is 0 Å². The summed E-state index contributed by atoms with van der Waals surface area (Å²) >= 11 is 0. The van der Waals surface area contributed by atoms with E-state index in [9.17, 15) is 0 Å². The largest absolute Gasteiger partial charge is 0.493 e. The highest BCUT2D eigenvalue weighted by atomic mass is 16.5. The van der Waals surface area contributed by atoms with Gasteiger partial charge in [-0.15, -0.1) is 0 Å². The molecule has 0 bridgehead atoms. The van der Waals surface area contributed by atoms with Gasteiger partial charge in [0.1, 0.15) is 6.07 Å². The number of nitrogens with zero attached hydrogens (tertiary/aromatic N) is 1. The fraction of sp³-hybridized carbons (Fsp3) is 0.533. The standard InChI is InChI=1S/C15H20N2O2/c1-11(12-6-8-17-9-7-12)19-15-13(10-16)4-3-5-14(15)18-2/h3-5,11-12,17H,6-9H2,1-2H3. The number of para-hydroxylation sites is 1. The first-order chi connectivity index (χ1) is 9.26. The lowest BCUT2D eigenvalue weighted by Gasteiger charge is -2.29. The number of rotatable bonds is 4. The maximum Gasteiger partial charge on any atom is 0.179 e. The van der Waals surface area contributed by atoms with Crippen LogP contribution < -0.4 is 14.8 Å². The summed E-state index contributed by atoms with van der Waals surface area (Å²) in [4.78, 5) is 0. The minimum absolute atomic E-state index is 0.0884. The Kier molecular flexibility index (Phi) is 4.64. The van der Waals surface area contributed by atoms with Crippen LogP contribution in [-0.2, 0) is 0 Å². The maximum atomic E-state index is 9.17. The van der Waals surface area contributed by atoms with Gasteiger partial charge in [-0.2, -0.15) is 5.26 Å². The first-order valence-electron chi connectivity index (χ1n) is 6.70. The summed E-state index contributed by atoms with van der Waals surface area (Å²) in [5, 5.41) is 12.5. The monoisotopic (exact) mass is 260 g/mol. The van der Waals surface area contributed by atoms with Crippen molar-refractivity contribution in [2.75, 3.05) is 20.2 Å². The van der Waals surface area contributed by atoms with Crippen molar-refractivity contribution < 1.29 is 9.47 Å². The molecule has 4 nitrogen and oxygen atoms in total. The fourth-order valence-corrected chi connectivity index (χ4v) is 2.48. The Bertz CT molecular complexity index is 462. The van der Waals surface area contributed by atoms with Gasteiger partial charge in [0, 0.05) is 0 Å². The number of ether oxygens (including phenoxy) is 2. The molecular weight excluding hydrogens is 240 g/mol. The lowest BCUT2D eigenvalue weighted by molar-refractivity contribution is 0.124. The van der Waals surface area contributed by atoms with E-state index >= 15 is 0 Å². The summed E-state index contributed by atoms with van der Waals surface area (Å²) < 4.78 is 11.3. The molecule has 1 aliphatic rings. The van der Waals surface area contributed by atoms with E-state index in [0.29, 0.717) is 23.0 Å². The van der Waals surface area contributed by atoms with E-state index in [-0.39, 0.29) is 6.10 Å². The van der Waals surface area contributed by atoms with E-state index in [2.05, 4.69) is 18.3 Å². The number of hydrogen-bond donors (Lipinski definition) is 1. The van der Waals surface area contributed by atoms with Gasteiger partial charge in [0.2, 0.25) is 0 Å². The molecule has 1 saturated heterocycles. The highest BCUT2D eigenvalue weighted by molar-refractivity contribution is 5.52. The third-order valence-electron chi connectivity index (χ3n) is 3.67. The Hall–Kier alpha value is -1.73. The molecule has 1 aromatic rings. The summed E-state index contributed by atoms with van der Waals surface area (Å²) in [5.74, 6) is 1.72. The van der Waals surface area contributed by atoms with E-state index < -0.39 is 0 Å². The van der Waals surface area contributed by atoms with E-state index in [0.717, 1.165) is 25.9 Å². The van der Waals surface area contributed by atoms with Crippen LogP contribution in [0.4, 0.5) is 0 Å². The lowest BCUT2D eigenvalue weighted by Crippen LogP contribution is -2.35. The molecule has 1 heterocycles. The molecule has 1 aromatic carbocycles. The smallest absolute Gasteiger partial charge is 0.179 e. The average Bonchev–Trinajstić information content (AvgIpc) is 2.48. The van der Waals surface area contributed by atoms with Gasteiger partial charge in [0.15, 0.2) is 11.5 Å². The van der Waals surface area contributed by atoms with Gasteiger partial charge >= 0.3 is 0 Å². The van der Waals surface area contributed by atoms with Gasteiger partial charge < -0.3 is 14.8 Å². The number of piperidine rings is 1. The summed E-state index contributed by atoms with van der Waals surface area (Å²) in [7, 11) is 1.60. The molecule has 0 aliphatic carbocycles. The molecule has 19 heavy (non-hydrogen) atoms. The molecule has 1 fully saturated rings. The number of hydrogen-bond acceptors (Lipinski definition) is 4. The van der Waals surface area contributed by atoms with Gasteiger partial charge in [0.05, 0.1) is 18.8 Å². The van der Waals surface area contributed by atoms with Gasteiger partial charge in [-0.1, -0.05) is 6.07 Å². The second-order valence-electron chi connectivity index (χ2n) is 4.86. The molecule has 0 saturated carbocycles. The van der Waals surface area contributed by atoms with Crippen LogP contribution in [0.25, 0.3) is 0 Å². The molecule has 1 N–H and O–H groups in total. The fourth-order valence-electron chi connectivity index (χ4n) is 2.48. The third-order valence-corrected chi connectivity index (χ3v) is 3.67. The molecule has 1 unspecified atom stereocenters. The molecule has 0 aromatic heterocycles. The quantitative estimate of drug-likeness (QED) is 0.902. The normalized spacial score (nSPS) is 17.5. The van der Waals surface area contributed by atoms with Crippen LogP contribution in [0.3, 0.4) is 0 Å². The summed E-state index contributed by atoms with van der Waals surface area (Å²) in [6.45, 7) is 4.15. The number of nitriles is 1. The Morgan fingerprint density at radius 2 is 2.11 bits per heavy atom. The molecule has 2 rings (SSSR count). The van der Waals surface area contributed by atoms with Gasteiger partial charge in [-0.3, -0.25) is 0 Å². The van der Waals surface area contributed by atoms with Crippen molar-refractivity contribution in [2.45, 2.75) is 25.9 Å². The lowest BCUT2D eigenvalue weighted by atomic mass is 9.93. The highest BCUT2D eigenvalue weighted by Crippen LogP contribution is 2.33. The van der Waals surface area contributed by atoms with Gasteiger partial charge in [0.25, 0.3) is 0 Å². The van der Waals surface area contributed by atoms with Gasteiger partial charge in [-0.05, 0) is 50.9 Å². The van der Waals surface area contributed by atoms with Crippen LogP contribution in [-0.4, -0.2) is 26.3 Å². The highest BCUT2D eigenvalue weighted by Gasteiger charge is 2.23. The minimum atomic E-state index is 0.0884. The predicted octanol–water partition coefficient (Wildman–Crippen LogP) is 2.33. The zero-order chi connectivity index (χ0) is 13.7. The number of methoxy groups -OCH3 is 1. The van der Waals surface area contributed by atoms with Crippen molar-refractivity contribution in [3.05, 3.63) is 23.8 Å². The first-order valence-corrected chi connectivity index (χ1v) is 6.70. The molecular formula is C15H20N2O2. The number of nitrogens with one attached hydrogen (secondary N) is 1. The number of benzene rings is 1. The van der Waals surface area contributed by atoms with E-state index in [1.54, 1.807) is 19.2 Å². The average molecular weight is 260 g/mol. The summed E-state index contributed by atoms with van der Waals surface area (Å²) in [5.41, 5.74) is 0.528. The van der Waals surface area contributed by atoms with Crippen LogP contribution in [0.15, 0.2) is 18.2 Å². The minimum Gasteiger partial charge on any atom is -0.493 e. The first kappa shape index (κ1) is 13.7. The molecule has 1 aliphatic heterocycles. The van der Waals surface area contributed by atoms with Crippen LogP contribution >= 0.6 is 0 Å². The Morgan fingerprint density at radius 3 is 2.74 bits per heavy atom. The van der Waals surface area contributed by atoms with Crippen molar-refractivity contribution in [3.63, 3.8) is 0 Å². The van der Waals surface area contributed by atoms with E-state index in [4.69, 9.17) is 14.7 Å². The van der Waals surface area contributed by atoms with Crippen molar-refractivity contribution >= 4 is 0 Å². The molecule has 102 valence electrons. The van der Waals surface area contributed by atoms with E-state index in [1.165, 1.54) is 0 Å². The van der Waals surface area contributed by atoms with Crippen LogP contribution in [0.5, 0.6) is 11.5 Å². The Balaban J connectivity index is 2.15. The van der Waals surface area contributed by atoms with Crippen molar-refractivity contribution in [3.8, 4) is 17.6 Å². The molecule has 0 amide bonds. The van der Waals surface area contributed by atoms with Crippen molar-refractivity contribution in [2.24, 2.45) is 5.92 Å². The topological polar surface area (TPSA) is 54.3 Å². The second kappa shape index (κ2) is 6.44. The molecule has 4 heteroatoms. The van der Waals surface area contributed by atoms with Crippen LogP contribution in [0, 0.1) is 17.2 Å². The van der Waals surface area contributed by atoms with E-state index in [1.807, 2.05) is 6.07 Å².